The van der Waals surface area contributed by atoms with Gasteiger partial charge >= 0.3 is 0 Å². The van der Waals surface area contributed by atoms with E-state index < -0.39 is 0 Å². The second-order valence-electron chi connectivity index (χ2n) is 4.13. The molecule has 2 N–H and O–H groups in total. The fourth-order valence-electron chi connectivity index (χ4n) is 1.60. The lowest BCUT2D eigenvalue weighted by atomic mass is 10.2. The number of hydrogen-bond acceptors (Lipinski definition) is 1. The summed E-state index contributed by atoms with van der Waals surface area (Å²) in [6.07, 6.45) is 0. The average Bonchev–Trinajstić information content (AvgIpc) is 2.67. The largest absolute Gasteiger partial charge is 0.350 e. The molecule has 90 valence electrons. The molecule has 17 heavy (non-hydrogen) atoms. The van der Waals surface area contributed by atoms with Gasteiger partial charge in [-0.25, -0.2) is 0 Å². The van der Waals surface area contributed by atoms with E-state index in [4.69, 9.17) is 23.2 Å². The quantitative estimate of drug-likeness (QED) is 0.861. The molecule has 3 nitrogen and oxygen atoms in total. The summed E-state index contributed by atoms with van der Waals surface area (Å²) >= 11 is 12.0. The van der Waals surface area contributed by atoms with Crippen molar-refractivity contribution < 1.29 is 4.79 Å². The van der Waals surface area contributed by atoms with Crippen molar-refractivity contribution in [3.63, 3.8) is 0 Å². The van der Waals surface area contributed by atoms with E-state index in [0.29, 0.717) is 15.7 Å². The molecular weight excluding hydrogens is 259 g/mol. The number of aromatic nitrogens is 1. The van der Waals surface area contributed by atoms with E-state index in [1.54, 1.807) is 18.2 Å². The van der Waals surface area contributed by atoms with Crippen LogP contribution in [0.2, 0.25) is 10.0 Å². The van der Waals surface area contributed by atoms with Gasteiger partial charge in [0.1, 0.15) is 5.69 Å². The summed E-state index contributed by atoms with van der Waals surface area (Å²) in [7, 11) is 0. The molecule has 1 aromatic carbocycles. The first kappa shape index (κ1) is 12.3. The van der Waals surface area contributed by atoms with Crippen LogP contribution >= 0.6 is 23.2 Å². The van der Waals surface area contributed by atoms with Crippen molar-refractivity contribution >= 4 is 40.0 Å². The van der Waals surface area contributed by atoms with Gasteiger partial charge in [0.15, 0.2) is 0 Å². The van der Waals surface area contributed by atoms with Crippen LogP contribution in [-0.2, 0) is 0 Å². The van der Waals surface area contributed by atoms with Crippen LogP contribution in [0.25, 0.3) is 10.9 Å². The van der Waals surface area contributed by atoms with Crippen LogP contribution in [0.1, 0.15) is 24.3 Å². The summed E-state index contributed by atoms with van der Waals surface area (Å²) in [6.45, 7) is 3.81. The molecule has 0 aliphatic heterocycles. The highest BCUT2D eigenvalue weighted by Gasteiger charge is 2.13. The van der Waals surface area contributed by atoms with Gasteiger partial charge in [0, 0.05) is 16.9 Å². The summed E-state index contributed by atoms with van der Waals surface area (Å²) in [5.41, 5.74) is 1.28. The Balaban J connectivity index is 2.45. The van der Waals surface area contributed by atoms with Crippen LogP contribution in [0.3, 0.4) is 0 Å². The van der Waals surface area contributed by atoms with Crippen molar-refractivity contribution in [2.24, 2.45) is 0 Å². The van der Waals surface area contributed by atoms with Crippen molar-refractivity contribution in [1.82, 2.24) is 10.3 Å². The fraction of sp³-hybridized carbons (Fsp3) is 0.250. The minimum Gasteiger partial charge on any atom is -0.350 e. The lowest BCUT2D eigenvalue weighted by molar-refractivity contribution is 0.0939. The zero-order valence-corrected chi connectivity index (χ0v) is 11.0. The molecule has 0 unspecified atom stereocenters. The smallest absolute Gasteiger partial charge is 0.267 e. The van der Waals surface area contributed by atoms with E-state index in [9.17, 15) is 4.79 Å². The van der Waals surface area contributed by atoms with E-state index in [1.807, 2.05) is 13.8 Å². The van der Waals surface area contributed by atoms with Crippen LogP contribution in [0.15, 0.2) is 18.2 Å². The molecule has 0 radical (unpaired) electrons. The number of fused-ring (bicyclic) bond motifs is 1. The standard InChI is InChI=1S/C12H12Cl2N2O/c1-6(2)15-12(17)10-5-7-9(16-10)4-3-8(13)11(7)14/h3-6,16H,1-2H3,(H,15,17). The molecule has 0 saturated carbocycles. The summed E-state index contributed by atoms with van der Waals surface area (Å²) in [6, 6.07) is 5.30. The molecule has 0 atom stereocenters. The Morgan fingerprint density at radius 3 is 2.71 bits per heavy atom. The molecule has 5 heteroatoms. The Kier molecular flexibility index (Phi) is 3.31. The normalized spacial score (nSPS) is 11.1. The van der Waals surface area contributed by atoms with E-state index in [2.05, 4.69) is 10.3 Å². The number of halogens is 2. The highest BCUT2D eigenvalue weighted by atomic mass is 35.5. The molecule has 0 aliphatic carbocycles. The van der Waals surface area contributed by atoms with Crippen molar-refractivity contribution in [1.29, 1.82) is 0 Å². The monoisotopic (exact) mass is 270 g/mol. The molecule has 1 aromatic heterocycles. The van der Waals surface area contributed by atoms with Gasteiger partial charge in [-0.1, -0.05) is 23.2 Å². The number of benzene rings is 1. The van der Waals surface area contributed by atoms with Crippen LogP contribution in [-0.4, -0.2) is 16.9 Å². The zero-order chi connectivity index (χ0) is 12.6. The highest BCUT2D eigenvalue weighted by molar-refractivity contribution is 6.45. The second kappa shape index (κ2) is 4.59. The molecule has 1 amide bonds. The van der Waals surface area contributed by atoms with Crippen molar-refractivity contribution in [3.05, 3.63) is 33.9 Å². The predicted octanol–water partition coefficient (Wildman–Crippen LogP) is 3.61. The first-order chi connectivity index (χ1) is 7.99. The van der Waals surface area contributed by atoms with Crippen LogP contribution < -0.4 is 5.32 Å². The molecule has 0 fully saturated rings. The average molecular weight is 271 g/mol. The second-order valence-corrected chi connectivity index (χ2v) is 4.92. The van der Waals surface area contributed by atoms with Gasteiger partial charge < -0.3 is 10.3 Å². The van der Waals surface area contributed by atoms with E-state index >= 15 is 0 Å². The van der Waals surface area contributed by atoms with Crippen molar-refractivity contribution in [3.8, 4) is 0 Å². The number of nitrogens with one attached hydrogen (secondary N) is 2. The number of carbonyl (C=O) groups excluding carboxylic acids is 1. The Morgan fingerprint density at radius 1 is 1.35 bits per heavy atom. The molecular formula is C12H12Cl2N2O. The first-order valence-electron chi connectivity index (χ1n) is 5.26. The van der Waals surface area contributed by atoms with Gasteiger partial charge in [-0.3, -0.25) is 4.79 Å². The maximum absolute atomic E-state index is 11.8. The van der Waals surface area contributed by atoms with Crippen molar-refractivity contribution in [2.75, 3.05) is 0 Å². The molecule has 2 rings (SSSR count). The molecule has 2 aromatic rings. The zero-order valence-electron chi connectivity index (χ0n) is 9.47. The van der Waals surface area contributed by atoms with Crippen LogP contribution in [0, 0.1) is 0 Å². The number of H-pyrrole nitrogens is 1. The minimum absolute atomic E-state index is 0.0907. The van der Waals surface area contributed by atoms with Gasteiger partial charge in [-0.2, -0.15) is 0 Å². The Bertz CT molecular complexity index is 575. The van der Waals surface area contributed by atoms with E-state index in [0.717, 1.165) is 10.9 Å². The Morgan fingerprint density at radius 2 is 2.06 bits per heavy atom. The number of carbonyl (C=O) groups is 1. The van der Waals surface area contributed by atoms with Gasteiger partial charge in [0.25, 0.3) is 5.91 Å². The number of aromatic amines is 1. The Labute approximate surface area is 109 Å². The number of rotatable bonds is 2. The number of amides is 1. The van der Waals surface area contributed by atoms with Gasteiger partial charge in [0.2, 0.25) is 0 Å². The molecule has 0 spiro atoms. The van der Waals surface area contributed by atoms with Gasteiger partial charge in [0.05, 0.1) is 10.0 Å². The Hall–Kier alpha value is -1.19. The molecule has 1 heterocycles. The van der Waals surface area contributed by atoms with E-state index in [1.165, 1.54) is 0 Å². The predicted molar refractivity (Wildman–Crippen MR) is 70.9 cm³/mol. The summed E-state index contributed by atoms with van der Waals surface area (Å²) in [5, 5.41) is 4.51. The van der Waals surface area contributed by atoms with E-state index in [-0.39, 0.29) is 11.9 Å². The van der Waals surface area contributed by atoms with Gasteiger partial charge in [-0.15, -0.1) is 0 Å². The summed E-state index contributed by atoms with van der Waals surface area (Å²) in [5.74, 6) is -0.150. The van der Waals surface area contributed by atoms with Crippen molar-refractivity contribution in [2.45, 2.75) is 19.9 Å². The third kappa shape index (κ3) is 2.40. The summed E-state index contributed by atoms with van der Waals surface area (Å²) < 4.78 is 0. The summed E-state index contributed by atoms with van der Waals surface area (Å²) in [4.78, 5) is 14.8. The lowest BCUT2D eigenvalue weighted by Gasteiger charge is -2.05. The topological polar surface area (TPSA) is 44.9 Å². The highest BCUT2D eigenvalue weighted by Crippen LogP contribution is 2.31. The van der Waals surface area contributed by atoms with Gasteiger partial charge in [-0.05, 0) is 32.0 Å². The molecule has 0 bridgehead atoms. The number of hydrogen-bond donors (Lipinski definition) is 2. The third-order valence-electron chi connectivity index (χ3n) is 2.36. The lowest BCUT2D eigenvalue weighted by Crippen LogP contribution is -2.30. The third-order valence-corrected chi connectivity index (χ3v) is 3.17. The molecule has 0 saturated heterocycles. The molecule has 0 aliphatic rings. The maximum atomic E-state index is 11.8. The maximum Gasteiger partial charge on any atom is 0.267 e. The first-order valence-corrected chi connectivity index (χ1v) is 6.02. The SMILES string of the molecule is CC(C)NC(=O)c1cc2c(Cl)c(Cl)ccc2[nH]1. The van der Waals surface area contributed by atoms with Crippen LogP contribution in [0.4, 0.5) is 0 Å². The minimum atomic E-state index is -0.150. The fourth-order valence-corrected chi connectivity index (χ4v) is 1.99. The van der Waals surface area contributed by atoms with Crippen LogP contribution in [0.5, 0.6) is 0 Å².